The molecule has 0 aliphatic rings. The summed E-state index contributed by atoms with van der Waals surface area (Å²) in [5.74, 6) is -0.250. The second-order valence-electron chi connectivity index (χ2n) is 7.55. The number of nitrogens with one attached hydrogen (secondary N) is 1. The Morgan fingerprint density at radius 2 is 1.87 bits per heavy atom. The first-order valence-corrected chi connectivity index (χ1v) is 10.2. The number of aryl methyl sites for hydroxylation is 5. The number of hydrogen-bond donors (Lipinski definition) is 1. The highest BCUT2D eigenvalue weighted by Crippen LogP contribution is 2.26. The molecule has 164 valence electrons. The highest BCUT2D eigenvalue weighted by molar-refractivity contribution is 5.85. The van der Waals surface area contributed by atoms with Gasteiger partial charge < -0.3 is 14.8 Å². The van der Waals surface area contributed by atoms with E-state index in [1.165, 1.54) is 5.56 Å². The Kier molecular flexibility index (Phi) is 7.23. The first-order chi connectivity index (χ1) is 14.8. The number of esters is 1. The molecule has 2 heterocycles. The van der Waals surface area contributed by atoms with Crippen molar-refractivity contribution in [2.75, 3.05) is 19.8 Å². The predicted octanol–water partition coefficient (Wildman–Crippen LogP) is 2.56. The molecule has 31 heavy (non-hydrogen) atoms. The minimum Gasteiger partial charge on any atom is -0.464 e. The largest absolute Gasteiger partial charge is 0.464 e. The van der Waals surface area contributed by atoms with Crippen LogP contribution in [-0.2, 0) is 27.8 Å². The van der Waals surface area contributed by atoms with Crippen molar-refractivity contribution >= 4 is 22.9 Å². The van der Waals surface area contributed by atoms with Crippen LogP contribution in [0.4, 0.5) is 0 Å². The summed E-state index contributed by atoms with van der Waals surface area (Å²) in [5.41, 5.74) is 4.88. The fraction of sp³-hybridized carbons (Fsp3) is 0.391. The maximum absolute atomic E-state index is 12.0. The molecule has 1 N–H and O–H groups in total. The smallest absolute Gasteiger partial charge is 0.344 e. The molecule has 0 spiro atoms. The molecule has 0 fully saturated rings. The van der Waals surface area contributed by atoms with E-state index >= 15 is 0 Å². The van der Waals surface area contributed by atoms with E-state index in [1.807, 2.05) is 51.1 Å². The van der Waals surface area contributed by atoms with E-state index in [0.717, 1.165) is 22.2 Å². The number of amides is 1. The van der Waals surface area contributed by atoms with Crippen LogP contribution in [0.2, 0.25) is 0 Å². The quantitative estimate of drug-likeness (QED) is 0.419. The molecule has 0 saturated heterocycles. The van der Waals surface area contributed by atoms with Gasteiger partial charge in [-0.15, -0.1) is 5.10 Å². The first kappa shape index (κ1) is 22.3. The molecular formula is C23H28N4O4. The van der Waals surface area contributed by atoms with Gasteiger partial charge in [-0.1, -0.05) is 29.8 Å². The minimum absolute atomic E-state index is 0.0777. The molecule has 0 aliphatic carbocycles. The number of benzene rings is 1. The van der Waals surface area contributed by atoms with Crippen molar-refractivity contribution in [3.8, 4) is 5.88 Å². The Morgan fingerprint density at radius 1 is 1.13 bits per heavy atom. The Labute approximate surface area is 181 Å². The van der Waals surface area contributed by atoms with Crippen molar-refractivity contribution in [1.29, 1.82) is 0 Å². The Hall–Kier alpha value is -3.42. The van der Waals surface area contributed by atoms with E-state index in [2.05, 4.69) is 15.4 Å². The van der Waals surface area contributed by atoms with Crippen molar-refractivity contribution in [2.45, 2.75) is 33.6 Å². The van der Waals surface area contributed by atoms with Crippen LogP contribution in [0.25, 0.3) is 11.0 Å². The van der Waals surface area contributed by atoms with E-state index in [4.69, 9.17) is 9.47 Å². The SMILES string of the molecule is Cc1ccc(CCC(=O)NCCOC(=O)COc2nn(C)c3nc(C)cc(C)c23)cc1. The number of carbonyl (C=O) groups is 2. The monoisotopic (exact) mass is 424 g/mol. The summed E-state index contributed by atoms with van der Waals surface area (Å²) in [7, 11) is 1.78. The summed E-state index contributed by atoms with van der Waals surface area (Å²) < 4.78 is 12.3. The predicted molar refractivity (Wildman–Crippen MR) is 117 cm³/mol. The van der Waals surface area contributed by atoms with Crippen molar-refractivity contribution in [1.82, 2.24) is 20.1 Å². The van der Waals surface area contributed by atoms with Gasteiger partial charge in [-0.05, 0) is 44.4 Å². The fourth-order valence-electron chi connectivity index (χ4n) is 3.28. The zero-order chi connectivity index (χ0) is 22.4. The second kappa shape index (κ2) is 10.1. The molecular weight excluding hydrogens is 396 g/mol. The van der Waals surface area contributed by atoms with Crippen LogP contribution in [0.15, 0.2) is 30.3 Å². The molecule has 8 nitrogen and oxygen atoms in total. The van der Waals surface area contributed by atoms with Crippen LogP contribution in [0.1, 0.15) is 28.8 Å². The van der Waals surface area contributed by atoms with E-state index in [0.29, 0.717) is 24.4 Å². The number of aromatic nitrogens is 3. The molecule has 0 unspecified atom stereocenters. The second-order valence-corrected chi connectivity index (χ2v) is 7.55. The number of ether oxygens (including phenoxy) is 2. The third-order valence-electron chi connectivity index (χ3n) is 4.86. The molecule has 0 bridgehead atoms. The van der Waals surface area contributed by atoms with Crippen LogP contribution < -0.4 is 10.1 Å². The third-order valence-corrected chi connectivity index (χ3v) is 4.86. The summed E-state index contributed by atoms with van der Waals surface area (Å²) in [6.07, 6.45) is 1.06. The van der Waals surface area contributed by atoms with E-state index in [1.54, 1.807) is 11.7 Å². The van der Waals surface area contributed by atoms with Gasteiger partial charge in [0, 0.05) is 19.2 Å². The molecule has 3 rings (SSSR count). The van der Waals surface area contributed by atoms with Crippen LogP contribution in [0, 0.1) is 20.8 Å². The highest BCUT2D eigenvalue weighted by atomic mass is 16.6. The Bertz CT molecular complexity index is 1070. The van der Waals surface area contributed by atoms with E-state index in [9.17, 15) is 9.59 Å². The van der Waals surface area contributed by atoms with Crippen LogP contribution in [-0.4, -0.2) is 46.4 Å². The lowest BCUT2D eigenvalue weighted by molar-refractivity contribution is -0.146. The average molecular weight is 425 g/mol. The van der Waals surface area contributed by atoms with Crippen molar-refractivity contribution in [2.24, 2.45) is 7.05 Å². The van der Waals surface area contributed by atoms with Gasteiger partial charge >= 0.3 is 5.97 Å². The van der Waals surface area contributed by atoms with Crippen LogP contribution in [0.5, 0.6) is 5.88 Å². The first-order valence-electron chi connectivity index (χ1n) is 10.2. The van der Waals surface area contributed by atoms with Gasteiger partial charge in [0.15, 0.2) is 12.3 Å². The number of fused-ring (bicyclic) bond motifs is 1. The maximum atomic E-state index is 12.0. The number of nitrogens with zero attached hydrogens (tertiary/aromatic N) is 3. The molecule has 8 heteroatoms. The van der Waals surface area contributed by atoms with E-state index < -0.39 is 5.97 Å². The maximum Gasteiger partial charge on any atom is 0.344 e. The lowest BCUT2D eigenvalue weighted by Crippen LogP contribution is -2.29. The van der Waals surface area contributed by atoms with Crippen LogP contribution >= 0.6 is 0 Å². The minimum atomic E-state index is -0.523. The molecule has 0 saturated carbocycles. The number of pyridine rings is 1. The summed E-state index contributed by atoms with van der Waals surface area (Å²) in [6, 6.07) is 10.0. The van der Waals surface area contributed by atoms with Gasteiger partial charge in [0.2, 0.25) is 11.8 Å². The standard InChI is InChI=1S/C23H28N4O4/c1-15-5-7-18(8-6-15)9-10-19(28)24-11-12-30-20(29)14-31-23-21-16(2)13-17(3)25-22(21)27(4)26-23/h5-8,13H,9-12,14H2,1-4H3,(H,24,28). The molecule has 0 radical (unpaired) electrons. The Balaban J connectivity index is 1.37. The summed E-state index contributed by atoms with van der Waals surface area (Å²) in [5, 5.41) is 7.83. The van der Waals surface area contributed by atoms with E-state index in [-0.39, 0.29) is 25.7 Å². The molecule has 0 aliphatic heterocycles. The number of carbonyl (C=O) groups excluding carboxylic acids is 2. The van der Waals surface area contributed by atoms with Gasteiger partial charge in [-0.25, -0.2) is 14.5 Å². The number of hydrogen-bond acceptors (Lipinski definition) is 6. The molecule has 0 atom stereocenters. The zero-order valence-electron chi connectivity index (χ0n) is 18.4. The van der Waals surface area contributed by atoms with Crippen LogP contribution in [0.3, 0.4) is 0 Å². The highest BCUT2D eigenvalue weighted by Gasteiger charge is 2.16. The molecule has 2 aromatic heterocycles. The normalized spacial score (nSPS) is 10.8. The third kappa shape index (κ3) is 6.04. The lowest BCUT2D eigenvalue weighted by atomic mass is 10.1. The zero-order valence-corrected chi connectivity index (χ0v) is 18.4. The van der Waals surface area contributed by atoms with Crippen molar-refractivity contribution in [3.63, 3.8) is 0 Å². The van der Waals surface area contributed by atoms with Crippen molar-refractivity contribution < 1.29 is 19.1 Å². The fourth-order valence-corrected chi connectivity index (χ4v) is 3.28. The van der Waals surface area contributed by atoms with Gasteiger partial charge in [0.25, 0.3) is 0 Å². The molecule has 1 amide bonds. The Morgan fingerprint density at radius 3 is 2.61 bits per heavy atom. The van der Waals surface area contributed by atoms with Gasteiger partial charge in [0.1, 0.15) is 6.61 Å². The summed E-state index contributed by atoms with van der Waals surface area (Å²) in [4.78, 5) is 28.4. The average Bonchev–Trinajstić information content (AvgIpc) is 3.05. The van der Waals surface area contributed by atoms with Gasteiger partial charge in [-0.2, -0.15) is 0 Å². The van der Waals surface area contributed by atoms with Crippen molar-refractivity contribution in [3.05, 3.63) is 52.7 Å². The topological polar surface area (TPSA) is 95.3 Å². The molecule has 3 aromatic rings. The summed E-state index contributed by atoms with van der Waals surface area (Å²) in [6.45, 7) is 5.97. The van der Waals surface area contributed by atoms with Gasteiger partial charge in [0.05, 0.1) is 11.9 Å². The number of rotatable bonds is 9. The van der Waals surface area contributed by atoms with Gasteiger partial charge in [-0.3, -0.25) is 4.79 Å². The lowest BCUT2D eigenvalue weighted by Gasteiger charge is -2.08. The molecule has 1 aromatic carbocycles. The summed E-state index contributed by atoms with van der Waals surface area (Å²) >= 11 is 0.